The maximum absolute atomic E-state index is 15.0. The number of pyridine rings is 2. The number of nitrogens with one attached hydrogen (secondary N) is 6. The minimum Gasteiger partial charge on any atom is -0.478 e. The van der Waals surface area contributed by atoms with Gasteiger partial charge in [-0.1, -0.05) is 62.4 Å². The molecule has 0 saturated carbocycles. The van der Waals surface area contributed by atoms with Gasteiger partial charge in [0.05, 0.1) is 40.1 Å². The SMILES string of the molecule is CC(C)(C)OC(=O)N1CCN(Cc2cccc(-c3cc(CN)ccc3F)c2)CC1.CCc1nc2c(cnn2CC)c(NC2CCOCC2)c1CNC(=O)c1ccc(C(=O)NCc2ccc(F)c(-c3cccc(CN4CCNCC4)c3)c2)cc1.CCc1nc2c(cnn2CC)c(NC2CCOCC2)c1CNC(=O)c1ccc(C(=O)O)cc1. The van der Waals surface area contributed by atoms with E-state index in [1.165, 1.54) is 36.4 Å². The number of nitrogens with zero attached hydrogens (tertiary/aromatic N) is 9. The van der Waals surface area contributed by atoms with Crippen LogP contribution in [0.4, 0.5) is 25.0 Å². The zero-order valence-corrected chi connectivity index (χ0v) is 67.5. The van der Waals surface area contributed by atoms with Crippen molar-refractivity contribution in [1.29, 1.82) is 0 Å². The Morgan fingerprint density at radius 1 is 0.534 bits per heavy atom. The van der Waals surface area contributed by atoms with Crippen LogP contribution in [0.25, 0.3) is 44.3 Å². The van der Waals surface area contributed by atoms with E-state index in [1.54, 1.807) is 47.4 Å². The molecule has 4 amide bonds. The Balaban J connectivity index is 0.000000172. The summed E-state index contributed by atoms with van der Waals surface area (Å²) in [6, 6.07) is 38.9. The Bertz CT molecular complexity index is 5040. The average molecular weight is 1580 g/mol. The number of aromatic carboxylic acids is 1. The minimum atomic E-state index is -1.02. The van der Waals surface area contributed by atoms with Gasteiger partial charge in [-0.05, 0) is 191 Å². The van der Waals surface area contributed by atoms with Crippen LogP contribution < -0.4 is 37.6 Å². The Labute approximate surface area is 676 Å². The second-order valence-electron chi connectivity index (χ2n) is 30.5. The molecule has 4 saturated heterocycles. The summed E-state index contributed by atoms with van der Waals surface area (Å²) in [5.41, 5.74) is 20.6. The molecule has 10 aromatic rings. The molecular formula is C89H108F2N16O9. The van der Waals surface area contributed by atoms with E-state index in [0.29, 0.717) is 86.6 Å². The number of benzene rings is 6. The number of carbonyl (C=O) groups excluding carboxylic acids is 4. The van der Waals surface area contributed by atoms with Crippen LogP contribution in [0.2, 0.25) is 0 Å². The molecule has 14 rings (SSSR count). The maximum atomic E-state index is 15.0. The fourth-order valence-corrected chi connectivity index (χ4v) is 14.9. The van der Waals surface area contributed by atoms with E-state index in [4.69, 9.17) is 35.0 Å². The summed E-state index contributed by atoms with van der Waals surface area (Å²) < 4.78 is 49.7. The van der Waals surface area contributed by atoms with Crippen molar-refractivity contribution in [2.75, 3.05) is 89.4 Å². The molecular weight excluding hydrogens is 1480 g/mol. The number of ether oxygens (including phenoxy) is 3. The lowest BCUT2D eigenvalue weighted by molar-refractivity contribution is 0.0138. The van der Waals surface area contributed by atoms with Crippen LogP contribution in [-0.2, 0) is 79.4 Å². The Kier molecular flexibility index (Phi) is 29.1. The standard InChI is InChI=1S/C42H49FN8O3.C24H29N5O4.C23H30FN3O2/c1-3-38-35(39(48-33-14-20-54-21-15-33)36-26-47-51(4-2)40(36)49-38)25-46-42(53)31-11-9-30(10-12-31)41(52)45-24-28-8-13-37(43)34(23-28)32-7-5-6-29(22-32)27-50-18-16-44-17-19-50;1-3-20-18(13-25-23(30)15-5-7-16(8-6-15)24(31)32)21(27-17-9-11-33-12-10-17)19-14-26-29(4-2)22(19)28-20;1-23(2,3)29-22(28)27-11-9-26(10-12-27)16-18-5-4-6-19(13-18)20-14-17(15-25)7-8-21(20)24/h5-13,22-23,26,33,44H,3-4,14-21,24-25,27H2,1-2H3,(H,45,52)(H,46,53)(H,48,49);5-8,14,17H,3-4,9-13H2,1-2H3,(H,25,30)(H,27,28)(H,31,32);4-8,13-14H,9-12,15-16,25H2,1-3H3. The number of fused-ring (bicyclic) bond motifs is 2. The van der Waals surface area contributed by atoms with E-state index in [9.17, 15) is 28.4 Å². The van der Waals surface area contributed by atoms with Crippen molar-refractivity contribution in [3.63, 3.8) is 0 Å². The lowest BCUT2D eigenvalue weighted by atomic mass is 10.00. The van der Waals surface area contributed by atoms with Gasteiger partial charge < -0.3 is 61.9 Å². The molecule has 9 N–H and O–H groups in total. The number of carboxylic acids is 1. The number of aromatic nitrogens is 6. The summed E-state index contributed by atoms with van der Waals surface area (Å²) in [5, 5.41) is 39.9. The first-order valence-corrected chi connectivity index (χ1v) is 40.5. The molecule has 4 aromatic heterocycles. The predicted octanol–water partition coefficient (Wildman–Crippen LogP) is 12.9. The minimum absolute atomic E-state index is 0.144. The lowest BCUT2D eigenvalue weighted by Crippen LogP contribution is -2.49. The fourth-order valence-electron chi connectivity index (χ4n) is 14.9. The fraction of sp³-hybridized carbons (Fsp3) is 0.404. The number of carboxylic acid groups (broad SMARTS) is 1. The van der Waals surface area contributed by atoms with Crippen molar-refractivity contribution in [2.45, 2.75) is 157 Å². The van der Waals surface area contributed by atoms with Crippen molar-refractivity contribution in [2.24, 2.45) is 5.73 Å². The highest BCUT2D eigenvalue weighted by atomic mass is 19.1. The highest BCUT2D eigenvalue weighted by Gasteiger charge is 2.29. The molecule has 4 fully saturated rings. The van der Waals surface area contributed by atoms with E-state index in [1.807, 2.05) is 98.8 Å². The second kappa shape index (κ2) is 40.0. The van der Waals surface area contributed by atoms with Gasteiger partial charge >= 0.3 is 12.1 Å². The van der Waals surface area contributed by atoms with Crippen molar-refractivity contribution < 1.29 is 52.1 Å². The highest BCUT2D eigenvalue weighted by Crippen LogP contribution is 2.35. The van der Waals surface area contributed by atoms with E-state index in [0.717, 1.165) is 187 Å². The third kappa shape index (κ3) is 21.9. The van der Waals surface area contributed by atoms with E-state index in [-0.39, 0.29) is 66.2 Å². The number of rotatable bonds is 25. The summed E-state index contributed by atoms with van der Waals surface area (Å²) >= 11 is 0. The topological polar surface area (TPSA) is 303 Å². The summed E-state index contributed by atoms with van der Waals surface area (Å²) in [4.78, 5) is 78.9. The molecule has 612 valence electrons. The molecule has 4 aliphatic heterocycles. The van der Waals surface area contributed by atoms with Crippen molar-refractivity contribution in [1.82, 2.24) is 65.5 Å². The first kappa shape index (κ1) is 84.3. The van der Waals surface area contributed by atoms with Gasteiger partial charge in [0.1, 0.15) is 17.2 Å². The van der Waals surface area contributed by atoms with Crippen LogP contribution >= 0.6 is 0 Å². The predicted molar refractivity (Wildman–Crippen MR) is 446 cm³/mol. The molecule has 25 nitrogen and oxygen atoms in total. The van der Waals surface area contributed by atoms with Crippen LogP contribution in [0.1, 0.15) is 160 Å². The van der Waals surface area contributed by atoms with Gasteiger partial charge in [-0.2, -0.15) is 10.2 Å². The zero-order chi connectivity index (χ0) is 81.8. The number of hydrogen-bond acceptors (Lipinski definition) is 18. The van der Waals surface area contributed by atoms with E-state index < -0.39 is 11.6 Å². The van der Waals surface area contributed by atoms with Crippen LogP contribution in [0.3, 0.4) is 0 Å². The van der Waals surface area contributed by atoms with Crippen LogP contribution in [0.5, 0.6) is 0 Å². The number of nitrogens with two attached hydrogens (primary N) is 1. The van der Waals surface area contributed by atoms with Crippen molar-refractivity contribution in [3.8, 4) is 22.3 Å². The van der Waals surface area contributed by atoms with E-state index in [2.05, 4.69) is 77.9 Å². The van der Waals surface area contributed by atoms with Gasteiger partial charge in [-0.25, -0.2) is 37.7 Å². The van der Waals surface area contributed by atoms with E-state index >= 15 is 4.39 Å². The zero-order valence-electron chi connectivity index (χ0n) is 67.5. The third-order valence-corrected chi connectivity index (χ3v) is 21.3. The number of carbonyl (C=O) groups is 5. The average Bonchev–Trinajstić information content (AvgIpc) is 1.59. The van der Waals surface area contributed by atoms with Crippen LogP contribution in [0.15, 0.2) is 146 Å². The molecule has 0 unspecified atom stereocenters. The maximum Gasteiger partial charge on any atom is 0.410 e. The number of piperazine rings is 2. The smallest absolute Gasteiger partial charge is 0.410 e. The largest absolute Gasteiger partial charge is 0.478 e. The molecule has 27 heteroatoms. The molecule has 0 spiro atoms. The summed E-state index contributed by atoms with van der Waals surface area (Å²) in [7, 11) is 0. The Morgan fingerprint density at radius 3 is 1.38 bits per heavy atom. The molecule has 0 bridgehead atoms. The Hall–Kier alpha value is -11.1. The van der Waals surface area contributed by atoms with Crippen LogP contribution in [-0.4, -0.2) is 176 Å². The first-order chi connectivity index (χ1) is 56.2. The molecule has 8 heterocycles. The normalized spacial score (nSPS) is 15.1. The van der Waals surface area contributed by atoms with Crippen molar-refractivity contribution >= 4 is 63.2 Å². The van der Waals surface area contributed by atoms with Crippen LogP contribution in [0, 0.1) is 11.6 Å². The van der Waals surface area contributed by atoms with Gasteiger partial charge in [-0.3, -0.25) is 24.2 Å². The molecule has 0 aliphatic carbocycles. The van der Waals surface area contributed by atoms with Gasteiger partial charge in [-0.15, -0.1) is 0 Å². The third-order valence-electron chi connectivity index (χ3n) is 21.3. The number of amides is 4. The van der Waals surface area contributed by atoms with Gasteiger partial charge in [0.2, 0.25) is 0 Å². The van der Waals surface area contributed by atoms with Gasteiger partial charge in [0, 0.05) is 194 Å². The van der Waals surface area contributed by atoms with Gasteiger partial charge in [0.15, 0.2) is 11.3 Å². The molecule has 0 atom stereocenters. The molecule has 6 aromatic carbocycles. The summed E-state index contributed by atoms with van der Waals surface area (Å²) in [6.07, 6.45) is 8.47. The van der Waals surface area contributed by atoms with Gasteiger partial charge in [0.25, 0.3) is 17.7 Å². The summed E-state index contributed by atoms with van der Waals surface area (Å²) in [5.74, 6) is -2.37. The quantitative estimate of drug-likeness (QED) is 0.0264. The lowest BCUT2D eigenvalue weighted by Gasteiger charge is -2.35. The molecule has 4 aliphatic rings. The number of anilines is 2. The van der Waals surface area contributed by atoms with Crippen molar-refractivity contribution in [3.05, 3.63) is 225 Å². The molecule has 0 radical (unpaired) electrons. The number of halogens is 2. The highest BCUT2D eigenvalue weighted by molar-refractivity contribution is 5.99. The number of hydrogen-bond donors (Lipinski definition) is 8. The summed E-state index contributed by atoms with van der Waals surface area (Å²) in [6.45, 7) is 27.7. The first-order valence-electron chi connectivity index (χ1n) is 40.5. The molecule has 116 heavy (non-hydrogen) atoms. The number of aryl methyl sites for hydroxylation is 4. The second-order valence-corrected chi connectivity index (χ2v) is 30.5. The monoisotopic (exact) mass is 1580 g/mol. The Morgan fingerprint density at radius 2 is 0.957 bits per heavy atom.